The van der Waals surface area contributed by atoms with Crippen LogP contribution in [0.15, 0.2) is 103 Å². The van der Waals surface area contributed by atoms with Crippen molar-refractivity contribution in [3.63, 3.8) is 0 Å². The molecule has 8 heteroatoms. The zero-order chi connectivity index (χ0) is 26.8. The summed E-state index contributed by atoms with van der Waals surface area (Å²) < 4.78 is 13.5. The van der Waals surface area contributed by atoms with E-state index in [1.807, 2.05) is 61.5 Å². The Balaban J connectivity index is 1.58. The molecule has 0 bridgehead atoms. The molecule has 7 nitrogen and oxygen atoms in total. The molecular weight excluding hydrogens is 485 g/mol. The Labute approximate surface area is 218 Å². The van der Waals surface area contributed by atoms with E-state index in [-0.39, 0.29) is 23.5 Å². The van der Waals surface area contributed by atoms with Gasteiger partial charge in [-0.1, -0.05) is 36.4 Å². The number of hydrogen-bond acceptors (Lipinski definition) is 4. The second-order valence-electron chi connectivity index (χ2n) is 9.16. The van der Waals surface area contributed by atoms with Crippen LogP contribution in [0.2, 0.25) is 0 Å². The van der Waals surface area contributed by atoms with Crippen molar-refractivity contribution in [3.8, 4) is 0 Å². The summed E-state index contributed by atoms with van der Waals surface area (Å²) in [6, 6.07) is 27.0. The predicted octanol–water partition coefficient (Wildman–Crippen LogP) is 6.56. The Morgan fingerprint density at radius 2 is 1.47 bits per heavy atom. The van der Waals surface area contributed by atoms with Gasteiger partial charge in [0.2, 0.25) is 0 Å². The van der Waals surface area contributed by atoms with Crippen LogP contribution in [0, 0.1) is 15.9 Å². The molecule has 0 saturated heterocycles. The van der Waals surface area contributed by atoms with Gasteiger partial charge in [0.1, 0.15) is 5.82 Å². The molecule has 0 aromatic heterocycles. The quantitative estimate of drug-likeness (QED) is 0.225. The number of carbonyl (C=O) groups is 2. The summed E-state index contributed by atoms with van der Waals surface area (Å²) in [4.78, 5) is 41.5. The van der Waals surface area contributed by atoms with Crippen molar-refractivity contribution >= 4 is 28.9 Å². The normalized spacial score (nSPS) is 16.4. The maximum Gasteiger partial charge on any atom is 0.269 e. The summed E-state index contributed by atoms with van der Waals surface area (Å²) in [6.07, 6.45) is 0.442. The molecule has 0 radical (unpaired) electrons. The molecule has 190 valence electrons. The highest BCUT2D eigenvalue weighted by Crippen LogP contribution is 2.43. The predicted molar refractivity (Wildman–Crippen MR) is 143 cm³/mol. The van der Waals surface area contributed by atoms with E-state index in [0.717, 1.165) is 5.56 Å². The Bertz CT molecular complexity index is 1490. The zero-order valence-electron chi connectivity index (χ0n) is 20.5. The van der Waals surface area contributed by atoms with Crippen molar-refractivity contribution in [2.24, 2.45) is 0 Å². The molecule has 4 aromatic rings. The number of nitro groups is 1. The fourth-order valence-electron chi connectivity index (χ4n) is 4.96. The molecule has 4 aromatic carbocycles. The summed E-state index contributed by atoms with van der Waals surface area (Å²) in [5.74, 6) is -0.982. The first kappa shape index (κ1) is 24.8. The van der Waals surface area contributed by atoms with Crippen molar-refractivity contribution in [1.29, 1.82) is 0 Å². The number of amides is 2. The number of anilines is 2. The molecule has 1 aliphatic rings. The van der Waals surface area contributed by atoms with Gasteiger partial charge >= 0.3 is 0 Å². The van der Waals surface area contributed by atoms with Crippen LogP contribution < -0.4 is 9.80 Å². The molecule has 0 aliphatic carbocycles. The molecule has 1 heterocycles. The van der Waals surface area contributed by atoms with Gasteiger partial charge in [-0.25, -0.2) is 4.39 Å². The average molecular weight is 510 g/mol. The van der Waals surface area contributed by atoms with E-state index < -0.39 is 16.8 Å². The Hall–Kier alpha value is -4.85. The first-order chi connectivity index (χ1) is 18.3. The third kappa shape index (κ3) is 4.64. The fraction of sp³-hybridized carbons (Fsp3) is 0.133. The number of halogens is 1. The summed E-state index contributed by atoms with van der Waals surface area (Å²) in [7, 11) is 0. The molecule has 2 amide bonds. The smallest absolute Gasteiger partial charge is 0.269 e. The van der Waals surface area contributed by atoms with E-state index in [1.165, 1.54) is 48.5 Å². The number of rotatable bonds is 5. The number of fused-ring (bicyclic) bond motifs is 1. The molecule has 5 rings (SSSR count). The molecule has 38 heavy (non-hydrogen) atoms. The van der Waals surface area contributed by atoms with Crippen LogP contribution in [0.25, 0.3) is 0 Å². The number of nitrogens with zero attached hydrogens (tertiary/aromatic N) is 3. The van der Waals surface area contributed by atoms with Gasteiger partial charge in [-0.3, -0.25) is 19.7 Å². The van der Waals surface area contributed by atoms with E-state index in [2.05, 4.69) is 0 Å². The Kier molecular flexibility index (Phi) is 6.70. The molecule has 0 fully saturated rings. The van der Waals surface area contributed by atoms with Gasteiger partial charge in [-0.15, -0.1) is 0 Å². The third-order valence-electron chi connectivity index (χ3n) is 6.76. The van der Waals surface area contributed by atoms with Crippen LogP contribution in [0.3, 0.4) is 0 Å². The largest absolute Gasteiger partial charge is 0.305 e. The number of carbonyl (C=O) groups excluding carboxylic acids is 2. The van der Waals surface area contributed by atoms with Crippen LogP contribution in [-0.2, 0) is 0 Å². The summed E-state index contributed by atoms with van der Waals surface area (Å²) in [5, 5.41) is 11.1. The van der Waals surface area contributed by atoms with Gasteiger partial charge in [0.25, 0.3) is 17.5 Å². The molecule has 0 spiro atoms. The average Bonchev–Trinajstić information content (AvgIpc) is 2.94. The van der Waals surface area contributed by atoms with E-state index in [4.69, 9.17) is 0 Å². The minimum absolute atomic E-state index is 0.0978. The lowest BCUT2D eigenvalue weighted by molar-refractivity contribution is -0.384. The van der Waals surface area contributed by atoms with Gasteiger partial charge in [0.15, 0.2) is 0 Å². The van der Waals surface area contributed by atoms with Crippen LogP contribution in [0.5, 0.6) is 0 Å². The number of nitro benzene ring substituents is 1. The zero-order valence-corrected chi connectivity index (χ0v) is 20.5. The second kappa shape index (κ2) is 10.3. The topological polar surface area (TPSA) is 83.8 Å². The van der Waals surface area contributed by atoms with Crippen LogP contribution in [0.4, 0.5) is 21.5 Å². The molecule has 0 saturated carbocycles. The lowest BCUT2D eigenvalue weighted by Gasteiger charge is -2.43. The van der Waals surface area contributed by atoms with Gasteiger partial charge in [0.05, 0.1) is 11.0 Å². The van der Waals surface area contributed by atoms with E-state index in [0.29, 0.717) is 28.9 Å². The van der Waals surface area contributed by atoms with E-state index in [9.17, 15) is 24.1 Å². The molecule has 1 aliphatic heterocycles. The minimum Gasteiger partial charge on any atom is -0.305 e. The van der Waals surface area contributed by atoms with Gasteiger partial charge < -0.3 is 9.80 Å². The number of para-hydroxylation sites is 2. The molecular formula is C30H24FN3O4. The number of non-ortho nitro benzene ring substituents is 1. The molecule has 2 atom stereocenters. The van der Waals surface area contributed by atoms with Gasteiger partial charge in [-0.05, 0) is 73.5 Å². The fourth-order valence-corrected chi connectivity index (χ4v) is 4.96. The second-order valence-corrected chi connectivity index (χ2v) is 9.16. The number of benzene rings is 4. The summed E-state index contributed by atoms with van der Waals surface area (Å²) in [6.45, 7) is 1.92. The van der Waals surface area contributed by atoms with Gasteiger partial charge in [0, 0.05) is 40.7 Å². The first-order valence-corrected chi connectivity index (χ1v) is 12.2. The maximum atomic E-state index is 14.0. The monoisotopic (exact) mass is 509 g/mol. The minimum atomic E-state index is -0.505. The van der Waals surface area contributed by atoms with Crippen LogP contribution >= 0.6 is 0 Å². The maximum absolute atomic E-state index is 14.0. The third-order valence-corrected chi connectivity index (χ3v) is 6.76. The highest BCUT2D eigenvalue weighted by atomic mass is 19.1. The molecule has 0 unspecified atom stereocenters. The summed E-state index contributed by atoms with van der Waals surface area (Å²) in [5.41, 5.74) is 2.71. The van der Waals surface area contributed by atoms with Crippen molar-refractivity contribution in [1.82, 2.24) is 0 Å². The van der Waals surface area contributed by atoms with Gasteiger partial charge in [-0.2, -0.15) is 0 Å². The van der Waals surface area contributed by atoms with Crippen molar-refractivity contribution in [2.45, 2.75) is 25.4 Å². The SMILES string of the molecule is C[C@H]1C[C@@H](N(C(=O)c2ccc([N+](=O)[O-])cc2)c2ccccc2)c2ccccc2N1C(=O)c1ccc(F)cc1. The molecule has 0 N–H and O–H groups in total. The highest BCUT2D eigenvalue weighted by molar-refractivity contribution is 6.09. The van der Waals surface area contributed by atoms with Crippen molar-refractivity contribution in [3.05, 3.63) is 136 Å². The summed E-state index contributed by atoms with van der Waals surface area (Å²) >= 11 is 0. The Morgan fingerprint density at radius 3 is 2.13 bits per heavy atom. The lowest BCUT2D eigenvalue weighted by Crippen LogP contribution is -2.47. The van der Waals surface area contributed by atoms with Crippen molar-refractivity contribution in [2.75, 3.05) is 9.80 Å². The van der Waals surface area contributed by atoms with Crippen LogP contribution in [-0.4, -0.2) is 22.8 Å². The van der Waals surface area contributed by atoms with E-state index >= 15 is 0 Å². The standard InChI is InChI=1S/C30H24FN3O4/c1-20-19-28(26-9-5-6-10-27(26)32(20)29(35)21-11-15-23(31)16-12-21)33(24-7-3-2-4-8-24)30(36)22-13-17-25(18-14-22)34(37)38/h2-18,20,28H,19H2,1H3/t20-,28+/m0/s1. The highest BCUT2D eigenvalue weighted by Gasteiger charge is 2.39. The van der Waals surface area contributed by atoms with Crippen LogP contribution in [0.1, 0.15) is 45.7 Å². The lowest BCUT2D eigenvalue weighted by atomic mass is 9.89. The first-order valence-electron chi connectivity index (χ1n) is 12.2. The van der Waals surface area contributed by atoms with Crippen molar-refractivity contribution < 1.29 is 18.9 Å². The Morgan fingerprint density at radius 1 is 0.868 bits per heavy atom. The van der Waals surface area contributed by atoms with E-state index in [1.54, 1.807) is 9.80 Å². The number of hydrogen-bond donors (Lipinski definition) is 0.